The average molecular weight is 501 g/mol. The first-order chi connectivity index (χ1) is 14.0. The Labute approximate surface area is 186 Å². The molecule has 29 heavy (non-hydrogen) atoms. The quantitative estimate of drug-likeness (QED) is 0.324. The van der Waals surface area contributed by atoms with Gasteiger partial charge in [-0.25, -0.2) is 9.07 Å². The van der Waals surface area contributed by atoms with E-state index in [1.54, 1.807) is 22.5 Å². The standard InChI is InChI=1S/C19H20BrClFN5OS/c1-27-19(24-25-26-27)29-8-2-7-23-11-14-9-15(20)4-6-18(14)28-12-13-3-5-16(22)10-17(13)21/h3-6,9-10,23H,2,7-8,11-12H2,1H3. The summed E-state index contributed by atoms with van der Waals surface area (Å²) < 4.78 is 21.8. The first-order valence-corrected chi connectivity index (χ1v) is 11.1. The molecular formula is C19H20BrClFN5OS. The molecule has 10 heteroatoms. The summed E-state index contributed by atoms with van der Waals surface area (Å²) in [4.78, 5) is 0. The number of nitrogens with one attached hydrogen (secondary N) is 1. The van der Waals surface area contributed by atoms with Gasteiger partial charge in [-0.1, -0.05) is 45.4 Å². The van der Waals surface area contributed by atoms with Crippen LogP contribution in [-0.4, -0.2) is 32.5 Å². The molecule has 154 valence electrons. The molecular weight excluding hydrogens is 481 g/mol. The van der Waals surface area contributed by atoms with Crippen molar-refractivity contribution >= 4 is 39.3 Å². The minimum absolute atomic E-state index is 0.274. The normalized spacial score (nSPS) is 11.0. The fraction of sp³-hybridized carbons (Fsp3) is 0.316. The Morgan fingerprint density at radius 1 is 1.24 bits per heavy atom. The lowest BCUT2D eigenvalue weighted by atomic mass is 10.2. The van der Waals surface area contributed by atoms with Crippen LogP contribution >= 0.6 is 39.3 Å². The summed E-state index contributed by atoms with van der Waals surface area (Å²) in [6, 6.07) is 10.2. The Balaban J connectivity index is 1.48. The van der Waals surface area contributed by atoms with E-state index in [1.807, 2.05) is 25.2 Å². The van der Waals surface area contributed by atoms with E-state index in [1.165, 1.54) is 12.1 Å². The molecule has 0 saturated carbocycles. The molecule has 0 spiro atoms. The third kappa shape index (κ3) is 6.67. The molecule has 0 aliphatic carbocycles. The lowest BCUT2D eigenvalue weighted by Gasteiger charge is -2.14. The van der Waals surface area contributed by atoms with E-state index in [0.29, 0.717) is 11.6 Å². The molecule has 1 heterocycles. The van der Waals surface area contributed by atoms with E-state index in [0.717, 1.165) is 45.2 Å². The van der Waals surface area contributed by atoms with Gasteiger partial charge in [0.15, 0.2) is 0 Å². The lowest BCUT2D eigenvalue weighted by Crippen LogP contribution is -2.16. The smallest absolute Gasteiger partial charge is 0.209 e. The molecule has 1 aromatic heterocycles. The molecule has 3 rings (SSSR count). The number of ether oxygens (including phenoxy) is 1. The monoisotopic (exact) mass is 499 g/mol. The van der Waals surface area contributed by atoms with Crippen LogP contribution in [0.3, 0.4) is 0 Å². The van der Waals surface area contributed by atoms with Crippen molar-refractivity contribution in [3.63, 3.8) is 0 Å². The van der Waals surface area contributed by atoms with Gasteiger partial charge < -0.3 is 10.1 Å². The van der Waals surface area contributed by atoms with Crippen molar-refractivity contribution in [2.75, 3.05) is 12.3 Å². The van der Waals surface area contributed by atoms with Crippen molar-refractivity contribution in [3.05, 3.63) is 62.8 Å². The van der Waals surface area contributed by atoms with Gasteiger partial charge in [0.1, 0.15) is 18.2 Å². The zero-order chi connectivity index (χ0) is 20.6. The summed E-state index contributed by atoms with van der Waals surface area (Å²) in [5, 5.41) is 16.0. The molecule has 2 aromatic carbocycles. The predicted octanol–water partition coefficient (Wildman–Crippen LogP) is 4.62. The molecule has 0 aliphatic heterocycles. The highest BCUT2D eigenvalue weighted by atomic mass is 79.9. The minimum Gasteiger partial charge on any atom is -0.489 e. The van der Waals surface area contributed by atoms with Crippen LogP contribution in [0.15, 0.2) is 46.0 Å². The summed E-state index contributed by atoms with van der Waals surface area (Å²) in [6.45, 7) is 1.80. The van der Waals surface area contributed by atoms with Gasteiger partial charge in [-0.05, 0) is 53.7 Å². The largest absolute Gasteiger partial charge is 0.489 e. The Kier molecular flexibility index (Phi) is 8.29. The van der Waals surface area contributed by atoms with Crippen molar-refractivity contribution in [2.24, 2.45) is 7.05 Å². The Morgan fingerprint density at radius 2 is 2.10 bits per heavy atom. The Bertz CT molecular complexity index is 958. The number of thioether (sulfide) groups is 1. The number of nitrogens with zero attached hydrogens (tertiary/aromatic N) is 4. The van der Waals surface area contributed by atoms with Crippen molar-refractivity contribution in [2.45, 2.75) is 24.7 Å². The molecule has 0 bridgehead atoms. The van der Waals surface area contributed by atoms with Gasteiger partial charge in [-0.2, -0.15) is 0 Å². The van der Waals surface area contributed by atoms with Crippen LogP contribution in [0.25, 0.3) is 0 Å². The first-order valence-electron chi connectivity index (χ1n) is 8.94. The number of aryl methyl sites for hydroxylation is 1. The number of hydrogen-bond acceptors (Lipinski definition) is 6. The van der Waals surface area contributed by atoms with E-state index in [4.69, 9.17) is 16.3 Å². The maximum atomic E-state index is 13.2. The molecule has 3 aromatic rings. The molecule has 0 fully saturated rings. The fourth-order valence-corrected chi connectivity index (χ4v) is 3.97. The van der Waals surface area contributed by atoms with Crippen LogP contribution in [0.5, 0.6) is 5.75 Å². The van der Waals surface area contributed by atoms with Gasteiger partial charge in [-0.15, -0.1) is 5.10 Å². The summed E-state index contributed by atoms with van der Waals surface area (Å²) in [5.74, 6) is 1.33. The second-order valence-corrected chi connectivity index (χ2v) is 8.63. The van der Waals surface area contributed by atoms with Gasteiger partial charge in [0.25, 0.3) is 0 Å². The van der Waals surface area contributed by atoms with Crippen molar-refractivity contribution in [1.29, 1.82) is 0 Å². The van der Waals surface area contributed by atoms with E-state index in [2.05, 4.69) is 36.8 Å². The van der Waals surface area contributed by atoms with E-state index >= 15 is 0 Å². The van der Waals surface area contributed by atoms with Gasteiger partial charge in [0.2, 0.25) is 5.16 Å². The minimum atomic E-state index is -0.360. The third-order valence-corrected chi connectivity index (χ3v) is 5.99. The van der Waals surface area contributed by atoms with E-state index < -0.39 is 0 Å². The maximum absolute atomic E-state index is 13.2. The van der Waals surface area contributed by atoms with Gasteiger partial charge >= 0.3 is 0 Å². The second-order valence-electron chi connectivity index (χ2n) is 6.24. The number of rotatable bonds is 10. The maximum Gasteiger partial charge on any atom is 0.209 e. The third-order valence-electron chi connectivity index (χ3n) is 4.05. The molecule has 6 nitrogen and oxygen atoms in total. The van der Waals surface area contributed by atoms with Crippen LogP contribution in [0, 0.1) is 5.82 Å². The number of halogens is 3. The van der Waals surface area contributed by atoms with Crippen molar-refractivity contribution < 1.29 is 9.13 Å². The van der Waals surface area contributed by atoms with Gasteiger partial charge in [0, 0.05) is 34.9 Å². The van der Waals surface area contributed by atoms with Gasteiger partial charge in [0.05, 0.1) is 5.02 Å². The van der Waals surface area contributed by atoms with Crippen LogP contribution in [0.1, 0.15) is 17.5 Å². The fourth-order valence-electron chi connectivity index (χ4n) is 2.55. The molecule has 0 atom stereocenters. The van der Waals surface area contributed by atoms with Crippen LogP contribution in [0.2, 0.25) is 5.02 Å². The summed E-state index contributed by atoms with van der Waals surface area (Å²) in [6.07, 6.45) is 0.979. The number of benzene rings is 2. The number of tetrazole rings is 1. The zero-order valence-corrected chi connectivity index (χ0v) is 18.9. The summed E-state index contributed by atoms with van der Waals surface area (Å²) in [5.41, 5.74) is 1.77. The molecule has 0 saturated heterocycles. The predicted molar refractivity (Wildman–Crippen MR) is 116 cm³/mol. The van der Waals surface area contributed by atoms with E-state index in [-0.39, 0.29) is 12.4 Å². The van der Waals surface area contributed by atoms with Gasteiger partial charge in [-0.3, -0.25) is 0 Å². The van der Waals surface area contributed by atoms with Crippen molar-refractivity contribution in [3.8, 4) is 5.75 Å². The molecule has 0 radical (unpaired) electrons. The summed E-state index contributed by atoms with van der Waals surface area (Å²) in [7, 11) is 1.83. The molecule has 0 amide bonds. The topological polar surface area (TPSA) is 64.9 Å². The average Bonchev–Trinajstić information content (AvgIpc) is 3.10. The highest BCUT2D eigenvalue weighted by molar-refractivity contribution is 9.10. The lowest BCUT2D eigenvalue weighted by molar-refractivity contribution is 0.302. The second kappa shape index (κ2) is 10.9. The zero-order valence-electron chi connectivity index (χ0n) is 15.7. The van der Waals surface area contributed by atoms with Crippen LogP contribution in [-0.2, 0) is 20.2 Å². The number of aromatic nitrogens is 4. The number of hydrogen-bond donors (Lipinski definition) is 1. The molecule has 0 unspecified atom stereocenters. The summed E-state index contributed by atoms with van der Waals surface area (Å²) >= 11 is 11.2. The Morgan fingerprint density at radius 3 is 2.86 bits per heavy atom. The van der Waals surface area contributed by atoms with E-state index in [9.17, 15) is 4.39 Å². The first kappa shape index (κ1) is 22.0. The highest BCUT2D eigenvalue weighted by Crippen LogP contribution is 2.26. The molecule has 1 N–H and O–H groups in total. The SMILES string of the molecule is Cn1nnnc1SCCCNCc1cc(Br)ccc1OCc1ccc(F)cc1Cl. The van der Waals surface area contributed by atoms with Crippen molar-refractivity contribution in [1.82, 2.24) is 25.5 Å². The van der Waals surface area contributed by atoms with Crippen LogP contribution in [0.4, 0.5) is 4.39 Å². The molecule has 0 aliphatic rings. The Hall–Kier alpha value is -1.68. The van der Waals surface area contributed by atoms with Crippen LogP contribution < -0.4 is 10.1 Å². The highest BCUT2D eigenvalue weighted by Gasteiger charge is 2.08.